The molecule has 0 unspecified atom stereocenters. The van der Waals surface area contributed by atoms with Crippen molar-refractivity contribution >= 4 is 5.84 Å². The van der Waals surface area contributed by atoms with Gasteiger partial charge in [0.2, 0.25) is 12.4 Å². The van der Waals surface area contributed by atoms with Gasteiger partial charge in [-0.05, 0) is 0 Å². The quantitative estimate of drug-likeness (QED) is 0.125. The predicted octanol–water partition coefficient (Wildman–Crippen LogP) is -0.694. The highest BCUT2D eigenvalue weighted by atomic mass is 16.5. The van der Waals surface area contributed by atoms with Crippen LogP contribution < -0.4 is 10.5 Å². The van der Waals surface area contributed by atoms with Crippen molar-refractivity contribution < 1.29 is 15.1 Å². The summed E-state index contributed by atoms with van der Waals surface area (Å²) in [7, 11) is 0. The molecule has 5 nitrogen and oxygen atoms in total. The van der Waals surface area contributed by atoms with Crippen LogP contribution in [-0.2, 0) is 0 Å². The largest absolute Gasteiger partial charge is 0.409 e. The molecule has 0 saturated carbocycles. The lowest BCUT2D eigenvalue weighted by Gasteiger charge is -1.92. The van der Waals surface area contributed by atoms with Gasteiger partial charge in [0.15, 0.2) is 5.84 Å². The van der Waals surface area contributed by atoms with Crippen LogP contribution in [0.25, 0.3) is 0 Å². The minimum absolute atomic E-state index is 0.0191. The van der Waals surface area contributed by atoms with Crippen molar-refractivity contribution in [3.05, 3.63) is 30.1 Å². The molecule has 0 saturated heterocycles. The number of hydrogen-bond acceptors (Lipinski definition) is 3. The van der Waals surface area contributed by atoms with E-state index in [-0.39, 0.29) is 5.84 Å². The van der Waals surface area contributed by atoms with Crippen molar-refractivity contribution in [3.8, 4) is 0 Å². The van der Waals surface area contributed by atoms with Crippen molar-refractivity contribution in [1.82, 2.24) is 0 Å². The third-order valence-electron chi connectivity index (χ3n) is 1.22. The van der Waals surface area contributed by atoms with E-state index < -0.39 is 0 Å². The minimum atomic E-state index is 0.0191. The highest BCUT2D eigenvalue weighted by Crippen LogP contribution is 1.92. The first kappa shape index (κ1) is 7.33. The van der Waals surface area contributed by atoms with Crippen molar-refractivity contribution in [2.45, 2.75) is 0 Å². The number of pyridine rings is 1. The van der Waals surface area contributed by atoms with Crippen LogP contribution in [0.5, 0.6) is 0 Å². The van der Waals surface area contributed by atoms with E-state index >= 15 is 0 Å². The summed E-state index contributed by atoms with van der Waals surface area (Å²) in [6.45, 7) is 0. The second-order valence-corrected chi connectivity index (χ2v) is 1.95. The molecule has 0 aliphatic rings. The number of nitrogens with two attached hydrogens (primary N) is 1. The lowest BCUT2D eigenvalue weighted by molar-refractivity contribution is -0.904. The maximum absolute atomic E-state index is 8.78. The van der Waals surface area contributed by atoms with Gasteiger partial charge in [0.05, 0.1) is 0 Å². The van der Waals surface area contributed by atoms with Crippen LogP contribution in [0.1, 0.15) is 5.56 Å². The van der Waals surface area contributed by atoms with Crippen LogP contribution >= 0.6 is 0 Å². The molecule has 1 aromatic rings. The fraction of sp³-hybridized carbons (Fsp3) is 0. The van der Waals surface area contributed by atoms with E-state index in [4.69, 9.17) is 16.1 Å². The highest BCUT2D eigenvalue weighted by Gasteiger charge is 2.00. The first-order chi connectivity index (χ1) is 5.24. The Bertz CT molecular complexity index is 268. The lowest BCUT2D eigenvalue weighted by atomic mass is 10.2. The van der Waals surface area contributed by atoms with E-state index in [2.05, 4.69) is 5.16 Å². The van der Waals surface area contributed by atoms with E-state index in [0.29, 0.717) is 5.56 Å². The highest BCUT2D eigenvalue weighted by molar-refractivity contribution is 5.96. The Labute approximate surface area is 63.0 Å². The maximum atomic E-state index is 8.78. The summed E-state index contributed by atoms with van der Waals surface area (Å²) in [6, 6.07) is 3.05. The normalized spacial score (nSPS) is 11.5. The van der Waals surface area contributed by atoms with Crippen molar-refractivity contribution in [2.24, 2.45) is 10.9 Å². The van der Waals surface area contributed by atoms with Gasteiger partial charge in [0.1, 0.15) is 0 Å². The lowest BCUT2D eigenvalue weighted by Crippen LogP contribution is -2.29. The molecule has 1 aromatic heterocycles. The third kappa shape index (κ3) is 1.57. The van der Waals surface area contributed by atoms with Gasteiger partial charge < -0.3 is 10.9 Å². The van der Waals surface area contributed by atoms with Crippen molar-refractivity contribution in [2.75, 3.05) is 0 Å². The van der Waals surface area contributed by atoms with Gasteiger partial charge in [0.25, 0.3) is 0 Å². The minimum Gasteiger partial charge on any atom is -0.409 e. The molecule has 5 heteroatoms. The molecule has 0 fully saturated rings. The van der Waals surface area contributed by atoms with E-state index in [9.17, 15) is 0 Å². The van der Waals surface area contributed by atoms with Gasteiger partial charge >= 0.3 is 0 Å². The Morgan fingerprint density at radius 2 is 2.00 bits per heavy atom. The fourth-order valence-electron chi connectivity index (χ4n) is 0.647. The summed E-state index contributed by atoms with van der Waals surface area (Å²) in [5.41, 5.74) is 5.81. The van der Waals surface area contributed by atoms with Crippen molar-refractivity contribution in [1.29, 1.82) is 0 Å². The molecular weight excluding hydrogens is 146 g/mol. The van der Waals surface area contributed by atoms with Crippen LogP contribution in [-0.4, -0.2) is 16.3 Å². The van der Waals surface area contributed by atoms with Crippen LogP contribution in [0.3, 0.4) is 0 Å². The second kappa shape index (κ2) is 2.87. The van der Waals surface area contributed by atoms with Crippen molar-refractivity contribution in [3.63, 3.8) is 0 Å². The van der Waals surface area contributed by atoms with Gasteiger partial charge in [-0.2, -0.15) is 0 Å². The number of amidine groups is 1. The van der Waals surface area contributed by atoms with Gasteiger partial charge in [0, 0.05) is 22.4 Å². The Morgan fingerprint density at radius 3 is 2.45 bits per heavy atom. The van der Waals surface area contributed by atoms with E-state index in [0.717, 1.165) is 4.73 Å². The number of hydrogen-bond donors (Lipinski definition) is 3. The second-order valence-electron chi connectivity index (χ2n) is 1.95. The molecule has 0 aliphatic heterocycles. The smallest absolute Gasteiger partial charge is 0.222 e. The topological polar surface area (TPSA) is 82.7 Å². The van der Waals surface area contributed by atoms with Crippen LogP contribution in [0.15, 0.2) is 29.7 Å². The average molecular weight is 154 g/mol. The van der Waals surface area contributed by atoms with Crippen LogP contribution in [0.4, 0.5) is 0 Å². The number of oxime groups is 1. The molecule has 0 spiro atoms. The van der Waals surface area contributed by atoms with E-state index in [1.807, 2.05) is 0 Å². The maximum Gasteiger partial charge on any atom is 0.222 e. The third-order valence-corrected chi connectivity index (χ3v) is 1.22. The fourth-order valence-corrected chi connectivity index (χ4v) is 0.647. The number of rotatable bonds is 1. The molecule has 0 amide bonds. The summed E-state index contributed by atoms with van der Waals surface area (Å²) < 4.78 is 0.869. The van der Waals surface area contributed by atoms with Crippen LogP contribution in [0, 0.1) is 0 Å². The first-order valence-corrected chi connectivity index (χ1v) is 2.92. The summed E-state index contributed by atoms with van der Waals surface area (Å²) in [5, 5.41) is 19.8. The summed E-state index contributed by atoms with van der Waals surface area (Å²) in [5.74, 6) is 0.0191. The molecule has 11 heavy (non-hydrogen) atoms. The van der Waals surface area contributed by atoms with Gasteiger partial charge in [-0.25, -0.2) is 0 Å². The molecule has 4 N–H and O–H groups in total. The standard InChI is InChI=1S/C6H7N3O2/c7-6(8-10)5-1-3-9(11)4-2-5/h1-4,11H,7H2/p+1. The van der Waals surface area contributed by atoms with Gasteiger partial charge in [-0.15, -0.1) is 0 Å². The Hall–Kier alpha value is -1.78. The summed E-state index contributed by atoms with van der Waals surface area (Å²) >= 11 is 0. The monoisotopic (exact) mass is 154 g/mol. The molecule has 58 valence electrons. The predicted molar refractivity (Wildman–Crippen MR) is 36.3 cm³/mol. The Kier molecular flexibility index (Phi) is 1.91. The summed E-state index contributed by atoms with van der Waals surface area (Å²) in [6.07, 6.45) is 2.76. The van der Waals surface area contributed by atoms with E-state index in [1.54, 1.807) is 0 Å². The molecule has 1 heterocycles. The molecule has 0 aliphatic carbocycles. The van der Waals surface area contributed by atoms with Crippen LogP contribution in [0.2, 0.25) is 0 Å². The first-order valence-electron chi connectivity index (χ1n) is 2.92. The van der Waals surface area contributed by atoms with E-state index in [1.165, 1.54) is 24.5 Å². The zero-order valence-electron chi connectivity index (χ0n) is 5.68. The Balaban J connectivity index is 2.99. The molecule has 0 radical (unpaired) electrons. The van der Waals surface area contributed by atoms with Gasteiger partial charge in [-0.1, -0.05) is 5.16 Å². The zero-order chi connectivity index (χ0) is 8.27. The molecule has 0 atom stereocenters. The zero-order valence-corrected chi connectivity index (χ0v) is 5.68. The molecule has 1 rings (SSSR count). The molecular formula is C6H8N3O2+. The molecule has 0 bridgehead atoms. The summed E-state index contributed by atoms with van der Waals surface area (Å²) in [4.78, 5) is 0. The molecule has 0 aromatic carbocycles. The van der Waals surface area contributed by atoms with Gasteiger partial charge in [-0.3, -0.25) is 5.21 Å². The average Bonchev–Trinajstić information content (AvgIpc) is 2.05. The number of aromatic nitrogens is 1. The number of nitrogens with zero attached hydrogens (tertiary/aromatic N) is 2. The SMILES string of the molecule is NC(=NO)c1cc[n+](O)cc1. The Morgan fingerprint density at radius 1 is 1.45 bits per heavy atom.